The minimum absolute atomic E-state index is 0.0238. The maximum Gasteiger partial charge on any atom is 0.338 e. The number of carbonyl (C=O) groups is 2. The highest BCUT2D eigenvalue weighted by molar-refractivity contribution is 7.09. The fraction of sp³-hybridized carbons (Fsp3) is 0.308. The number of carboxylic acids is 1. The van der Waals surface area contributed by atoms with Crippen LogP contribution in [0, 0.1) is 0 Å². The highest BCUT2D eigenvalue weighted by atomic mass is 32.1. The predicted molar refractivity (Wildman–Crippen MR) is 73.1 cm³/mol. The minimum atomic E-state index is -1.11. The molecule has 0 saturated heterocycles. The van der Waals surface area contributed by atoms with Gasteiger partial charge in [-0.05, 0) is 6.92 Å². The van der Waals surface area contributed by atoms with Crippen LogP contribution in [0.2, 0.25) is 0 Å². The summed E-state index contributed by atoms with van der Waals surface area (Å²) in [4.78, 5) is 28.7. The number of amides is 1. The Bertz CT molecular complexity index is 591. The molecule has 0 radical (unpaired) electrons. The van der Waals surface area contributed by atoms with E-state index in [9.17, 15) is 9.59 Å². The average Bonchev–Trinajstić information content (AvgIpc) is 3.10. The molecule has 0 unspecified atom stereocenters. The molecule has 0 atom stereocenters. The van der Waals surface area contributed by atoms with E-state index in [0.717, 1.165) is 11.3 Å². The van der Waals surface area contributed by atoms with Crippen molar-refractivity contribution in [2.24, 2.45) is 0 Å². The zero-order valence-corrected chi connectivity index (χ0v) is 11.7. The number of nitrogens with zero attached hydrogens (tertiary/aromatic N) is 2. The normalized spacial score (nSPS) is 10.4. The standard InChI is InChI=1S/C13H14N2O4S/c1-2-15(5-3-11-14-4-6-20-11)12(16)10-7-9(8-19-10)13(17)18/h4,6-8H,2-3,5H2,1H3,(H,17,18). The molecule has 106 valence electrons. The summed E-state index contributed by atoms with van der Waals surface area (Å²) >= 11 is 1.54. The number of carbonyl (C=O) groups excluding carboxylic acids is 1. The number of hydrogen-bond donors (Lipinski definition) is 1. The summed E-state index contributed by atoms with van der Waals surface area (Å²) < 4.78 is 5.02. The first-order valence-corrected chi connectivity index (χ1v) is 6.99. The van der Waals surface area contributed by atoms with Crippen molar-refractivity contribution in [3.05, 3.63) is 40.2 Å². The largest absolute Gasteiger partial charge is 0.478 e. The lowest BCUT2D eigenvalue weighted by Crippen LogP contribution is -2.32. The predicted octanol–water partition coefficient (Wildman–Crippen LogP) is 2.14. The fourth-order valence-corrected chi connectivity index (χ4v) is 2.34. The summed E-state index contributed by atoms with van der Waals surface area (Å²) in [6, 6.07) is 1.25. The zero-order valence-electron chi connectivity index (χ0n) is 10.9. The van der Waals surface area contributed by atoms with E-state index in [1.807, 2.05) is 12.3 Å². The van der Waals surface area contributed by atoms with E-state index in [0.29, 0.717) is 19.5 Å². The third-order valence-corrected chi connectivity index (χ3v) is 3.64. The average molecular weight is 294 g/mol. The van der Waals surface area contributed by atoms with Gasteiger partial charge in [-0.1, -0.05) is 0 Å². The summed E-state index contributed by atoms with van der Waals surface area (Å²) in [5.74, 6) is -1.38. The van der Waals surface area contributed by atoms with Crippen molar-refractivity contribution < 1.29 is 19.1 Å². The van der Waals surface area contributed by atoms with Crippen molar-refractivity contribution in [3.8, 4) is 0 Å². The van der Waals surface area contributed by atoms with E-state index in [4.69, 9.17) is 9.52 Å². The molecular formula is C13H14N2O4S. The van der Waals surface area contributed by atoms with E-state index < -0.39 is 5.97 Å². The van der Waals surface area contributed by atoms with Gasteiger partial charge in [0.2, 0.25) is 0 Å². The van der Waals surface area contributed by atoms with Crippen LogP contribution in [-0.2, 0) is 6.42 Å². The molecule has 0 bridgehead atoms. The molecule has 0 aliphatic heterocycles. The quantitative estimate of drug-likeness (QED) is 0.882. The molecule has 6 nitrogen and oxygen atoms in total. The van der Waals surface area contributed by atoms with E-state index in [-0.39, 0.29) is 17.2 Å². The molecular weight excluding hydrogens is 280 g/mol. The van der Waals surface area contributed by atoms with Crippen LogP contribution in [0.25, 0.3) is 0 Å². The van der Waals surface area contributed by atoms with Gasteiger partial charge in [0, 0.05) is 37.2 Å². The topological polar surface area (TPSA) is 83.6 Å². The zero-order chi connectivity index (χ0) is 14.5. The van der Waals surface area contributed by atoms with Gasteiger partial charge in [0.25, 0.3) is 5.91 Å². The highest BCUT2D eigenvalue weighted by Gasteiger charge is 2.19. The molecule has 2 rings (SSSR count). The van der Waals surface area contributed by atoms with Gasteiger partial charge >= 0.3 is 5.97 Å². The van der Waals surface area contributed by atoms with Crippen LogP contribution < -0.4 is 0 Å². The van der Waals surface area contributed by atoms with Crippen LogP contribution in [0.3, 0.4) is 0 Å². The van der Waals surface area contributed by atoms with Crippen molar-refractivity contribution in [2.75, 3.05) is 13.1 Å². The minimum Gasteiger partial charge on any atom is -0.478 e. The maximum atomic E-state index is 12.2. The van der Waals surface area contributed by atoms with Crippen molar-refractivity contribution in [1.82, 2.24) is 9.88 Å². The Morgan fingerprint density at radius 3 is 2.85 bits per heavy atom. The van der Waals surface area contributed by atoms with E-state index in [1.54, 1.807) is 22.4 Å². The van der Waals surface area contributed by atoms with E-state index in [1.165, 1.54) is 6.07 Å². The summed E-state index contributed by atoms with van der Waals surface area (Å²) in [5, 5.41) is 11.7. The Hall–Kier alpha value is -2.15. The summed E-state index contributed by atoms with van der Waals surface area (Å²) in [5.41, 5.74) is -0.0238. The molecule has 0 aliphatic rings. The highest BCUT2D eigenvalue weighted by Crippen LogP contribution is 2.12. The number of carboxylic acid groups (broad SMARTS) is 1. The first-order chi connectivity index (χ1) is 9.61. The van der Waals surface area contributed by atoms with Crippen molar-refractivity contribution in [2.45, 2.75) is 13.3 Å². The summed E-state index contributed by atoms with van der Waals surface area (Å²) in [6.07, 6.45) is 3.47. The lowest BCUT2D eigenvalue weighted by molar-refractivity contribution is 0.0694. The van der Waals surface area contributed by atoms with Gasteiger partial charge < -0.3 is 14.4 Å². The number of aromatic nitrogens is 1. The van der Waals surface area contributed by atoms with Gasteiger partial charge in [0.05, 0.1) is 10.6 Å². The van der Waals surface area contributed by atoms with Crippen LogP contribution >= 0.6 is 11.3 Å². The second-order valence-corrected chi connectivity index (χ2v) is 5.04. The molecule has 1 amide bonds. The van der Waals surface area contributed by atoms with Crippen molar-refractivity contribution in [3.63, 3.8) is 0 Å². The van der Waals surface area contributed by atoms with Gasteiger partial charge in [0.1, 0.15) is 6.26 Å². The van der Waals surface area contributed by atoms with E-state index >= 15 is 0 Å². The van der Waals surface area contributed by atoms with Crippen LogP contribution in [0.5, 0.6) is 0 Å². The molecule has 2 aromatic heterocycles. The van der Waals surface area contributed by atoms with Gasteiger partial charge in [-0.2, -0.15) is 0 Å². The molecule has 20 heavy (non-hydrogen) atoms. The van der Waals surface area contributed by atoms with Crippen molar-refractivity contribution in [1.29, 1.82) is 0 Å². The van der Waals surface area contributed by atoms with Gasteiger partial charge in [-0.15, -0.1) is 11.3 Å². The Morgan fingerprint density at radius 1 is 1.50 bits per heavy atom. The van der Waals surface area contributed by atoms with E-state index in [2.05, 4.69) is 4.98 Å². The Kier molecular flexibility index (Phi) is 4.52. The lowest BCUT2D eigenvalue weighted by atomic mass is 10.3. The Morgan fingerprint density at radius 2 is 2.30 bits per heavy atom. The molecule has 0 aliphatic carbocycles. The smallest absolute Gasteiger partial charge is 0.338 e. The van der Waals surface area contributed by atoms with Crippen LogP contribution in [0.4, 0.5) is 0 Å². The van der Waals surface area contributed by atoms with Gasteiger partial charge in [-0.25, -0.2) is 9.78 Å². The van der Waals surface area contributed by atoms with Gasteiger partial charge in [-0.3, -0.25) is 4.79 Å². The number of likely N-dealkylation sites (N-methyl/N-ethyl adjacent to an activating group) is 1. The number of thiazole rings is 1. The molecule has 1 N–H and O–H groups in total. The Labute approximate surface area is 119 Å². The van der Waals surface area contributed by atoms with Gasteiger partial charge in [0.15, 0.2) is 5.76 Å². The fourth-order valence-electron chi connectivity index (χ4n) is 1.73. The number of furan rings is 1. The second-order valence-electron chi connectivity index (χ2n) is 4.07. The first-order valence-electron chi connectivity index (χ1n) is 6.11. The van der Waals surface area contributed by atoms with Crippen LogP contribution in [-0.4, -0.2) is 40.0 Å². The summed E-state index contributed by atoms with van der Waals surface area (Å²) in [6.45, 7) is 2.90. The molecule has 2 aromatic rings. The maximum absolute atomic E-state index is 12.2. The first kappa shape index (κ1) is 14.3. The van der Waals surface area contributed by atoms with Crippen LogP contribution in [0.1, 0.15) is 32.8 Å². The monoisotopic (exact) mass is 294 g/mol. The lowest BCUT2D eigenvalue weighted by Gasteiger charge is -2.18. The number of hydrogen-bond acceptors (Lipinski definition) is 5. The molecule has 7 heteroatoms. The molecule has 2 heterocycles. The third-order valence-electron chi connectivity index (χ3n) is 2.81. The third kappa shape index (κ3) is 3.24. The van der Waals surface area contributed by atoms with Crippen LogP contribution in [0.15, 0.2) is 28.3 Å². The SMILES string of the molecule is CCN(CCc1nccs1)C(=O)c1cc(C(=O)O)co1. The van der Waals surface area contributed by atoms with Crippen molar-refractivity contribution >= 4 is 23.2 Å². The number of aromatic carboxylic acids is 1. The molecule has 0 fully saturated rings. The molecule has 0 saturated carbocycles. The summed E-state index contributed by atoms with van der Waals surface area (Å²) in [7, 11) is 0. The number of rotatable bonds is 6. The molecule has 0 aromatic carbocycles. The Balaban J connectivity index is 2.02. The second kappa shape index (κ2) is 6.33. The molecule has 0 spiro atoms.